The second-order valence-corrected chi connectivity index (χ2v) is 10.7. The molecular weight excluding hydrogens is 447 g/mol. The number of aryl methyl sites for hydroxylation is 1. The molecule has 1 aromatic carbocycles. The number of hydrogen-bond acceptors (Lipinski definition) is 6. The number of piperidine rings is 1. The van der Waals surface area contributed by atoms with Crippen LogP contribution in [0.2, 0.25) is 0 Å². The molecule has 0 amide bonds. The van der Waals surface area contributed by atoms with Gasteiger partial charge < -0.3 is 5.32 Å². The number of fused-ring (bicyclic) bond motifs is 1. The van der Waals surface area contributed by atoms with Gasteiger partial charge in [-0.2, -0.15) is 13.9 Å². The van der Waals surface area contributed by atoms with Gasteiger partial charge in [0.1, 0.15) is 13.7 Å². The molecule has 8 nitrogen and oxygen atoms in total. The predicted octanol–water partition coefficient (Wildman–Crippen LogP) is 1.87. The molecule has 3 aromatic heterocycles. The standard InChI is InChI=1S/C24H27BN6O2S/c1-17-6-2-3-9-22(17)34(32,33)30-11-5-8-19(16-30)21-12-23(27-14-18-7-4-10-26-13-18)31-24(29-21)20(25)15-28-31/h2-4,6-7,9-10,12-13,15,19,27H,5,8,11,14,16,25H2,1H3. The third kappa shape index (κ3) is 4.31. The molecular formula is C24H27BN6O2S. The SMILES string of the molecule is Bc1cnn2c(NCc3cccnc3)cc(C3CCCN(S(=O)(=O)c4ccccc4C)C3)nc12. The smallest absolute Gasteiger partial charge is 0.243 e. The highest BCUT2D eigenvalue weighted by molar-refractivity contribution is 7.89. The van der Waals surface area contributed by atoms with Crippen molar-refractivity contribution in [1.82, 2.24) is 23.9 Å². The summed E-state index contributed by atoms with van der Waals surface area (Å²) in [5.41, 5.74) is 4.47. The first-order valence-electron chi connectivity index (χ1n) is 11.5. The molecule has 0 bridgehead atoms. The molecule has 0 aliphatic carbocycles. The van der Waals surface area contributed by atoms with Gasteiger partial charge in [-0.1, -0.05) is 24.3 Å². The molecule has 1 unspecified atom stereocenters. The number of aromatic nitrogens is 4. The monoisotopic (exact) mass is 474 g/mol. The molecule has 1 aliphatic heterocycles. The lowest BCUT2D eigenvalue weighted by atomic mass is 9.95. The Morgan fingerprint density at radius 2 is 2.03 bits per heavy atom. The summed E-state index contributed by atoms with van der Waals surface area (Å²) in [5, 5.41) is 7.95. The van der Waals surface area contributed by atoms with E-state index in [0.29, 0.717) is 24.5 Å². The summed E-state index contributed by atoms with van der Waals surface area (Å²) >= 11 is 0. The minimum atomic E-state index is -3.56. The molecule has 1 saturated heterocycles. The van der Waals surface area contributed by atoms with E-state index in [4.69, 9.17) is 4.98 Å². The molecule has 1 atom stereocenters. The van der Waals surface area contributed by atoms with Crippen molar-refractivity contribution < 1.29 is 8.42 Å². The van der Waals surface area contributed by atoms with Crippen LogP contribution in [0.25, 0.3) is 5.65 Å². The van der Waals surface area contributed by atoms with Gasteiger partial charge in [-0.25, -0.2) is 13.4 Å². The summed E-state index contributed by atoms with van der Waals surface area (Å²) in [5.74, 6) is 0.835. The summed E-state index contributed by atoms with van der Waals surface area (Å²) in [6, 6.07) is 13.1. The Kier molecular flexibility index (Phi) is 6.10. The van der Waals surface area contributed by atoms with E-state index in [-0.39, 0.29) is 5.92 Å². The summed E-state index contributed by atoms with van der Waals surface area (Å²) in [6.07, 6.45) is 7.06. The first kappa shape index (κ1) is 22.6. The molecule has 1 aliphatic rings. The maximum absolute atomic E-state index is 13.4. The normalized spacial score (nSPS) is 17.1. The highest BCUT2D eigenvalue weighted by atomic mass is 32.2. The third-order valence-corrected chi connectivity index (χ3v) is 8.40. The number of pyridine rings is 1. The molecule has 5 rings (SSSR count). The van der Waals surface area contributed by atoms with Crippen LogP contribution in [0.3, 0.4) is 0 Å². The lowest BCUT2D eigenvalue weighted by molar-refractivity contribution is 0.312. The zero-order valence-electron chi connectivity index (χ0n) is 19.3. The molecule has 10 heteroatoms. The van der Waals surface area contributed by atoms with E-state index in [9.17, 15) is 8.42 Å². The molecule has 4 heterocycles. The van der Waals surface area contributed by atoms with Crippen LogP contribution in [-0.4, -0.2) is 53.2 Å². The number of sulfonamides is 1. The Bertz CT molecular complexity index is 1420. The van der Waals surface area contributed by atoms with Gasteiger partial charge in [-0.05, 0) is 48.5 Å². The van der Waals surface area contributed by atoms with E-state index in [1.165, 1.54) is 0 Å². The maximum atomic E-state index is 13.4. The molecule has 4 aromatic rings. The number of hydrogen-bond donors (Lipinski definition) is 1. The predicted molar refractivity (Wildman–Crippen MR) is 135 cm³/mol. The second-order valence-electron chi connectivity index (χ2n) is 8.81. The lowest BCUT2D eigenvalue weighted by Gasteiger charge is -2.32. The Labute approximate surface area is 200 Å². The molecule has 0 spiro atoms. The zero-order valence-corrected chi connectivity index (χ0v) is 20.2. The number of nitrogens with zero attached hydrogens (tertiary/aromatic N) is 5. The highest BCUT2D eigenvalue weighted by Crippen LogP contribution is 2.31. The minimum Gasteiger partial charge on any atom is -0.366 e. The van der Waals surface area contributed by atoms with Crippen LogP contribution >= 0.6 is 0 Å². The van der Waals surface area contributed by atoms with Crippen molar-refractivity contribution >= 4 is 34.8 Å². The van der Waals surface area contributed by atoms with E-state index >= 15 is 0 Å². The minimum absolute atomic E-state index is 0.00536. The lowest BCUT2D eigenvalue weighted by Crippen LogP contribution is -2.39. The van der Waals surface area contributed by atoms with Crippen molar-refractivity contribution in [3.8, 4) is 0 Å². The van der Waals surface area contributed by atoms with E-state index in [0.717, 1.165) is 46.6 Å². The van der Waals surface area contributed by atoms with Gasteiger partial charge in [0, 0.05) is 50.2 Å². The third-order valence-electron chi connectivity index (χ3n) is 6.38. The Balaban J connectivity index is 1.45. The van der Waals surface area contributed by atoms with Crippen LogP contribution in [0.15, 0.2) is 66.0 Å². The second kappa shape index (κ2) is 9.19. The van der Waals surface area contributed by atoms with Crippen LogP contribution in [-0.2, 0) is 16.6 Å². The number of nitrogens with one attached hydrogen (secondary N) is 1. The van der Waals surface area contributed by atoms with Gasteiger partial charge in [0.2, 0.25) is 10.0 Å². The number of anilines is 1. The Morgan fingerprint density at radius 3 is 2.82 bits per heavy atom. The topological polar surface area (TPSA) is 92.5 Å². The fraction of sp³-hybridized carbons (Fsp3) is 0.292. The van der Waals surface area contributed by atoms with Gasteiger partial charge in [0.25, 0.3) is 0 Å². The van der Waals surface area contributed by atoms with E-state index < -0.39 is 10.0 Å². The van der Waals surface area contributed by atoms with Crippen LogP contribution in [0, 0.1) is 6.92 Å². The van der Waals surface area contributed by atoms with Crippen molar-refractivity contribution in [2.75, 3.05) is 18.4 Å². The van der Waals surface area contributed by atoms with Crippen molar-refractivity contribution in [3.63, 3.8) is 0 Å². The Morgan fingerprint density at radius 1 is 1.18 bits per heavy atom. The Hall–Kier alpha value is -3.24. The quantitative estimate of drug-likeness (QED) is 0.429. The number of rotatable bonds is 6. The van der Waals surface area contributed by atoms with Gasteiger partial charge >= 0.3 is 0 Å². The average Bonchev–Trinajstić information content (AvgIpc) is 3.24. The van der Waals surface area contributed by atoms with E-state index in [2.05, 4.69) is 15.4 Å². The molecule has 1 N–H and O–H groups in total. The van der Waals surface area contributed by atoms with Crippen LogP contribution in [0.4, 0.5) is 5.82 Å². The van der Waals surface area contributed by atoms with Crippen molar-refractivity contribution in [3.05, 3.63) is 77.9 Å². The first-order valence-corrected chi connectivity index (χ1v) is 12.9. The summed E-state index contributed by atoms with van der Waals surface area (Å²) < 4.78 is 30.2. The molecule has 174 valence electrons. The molecule has 0 saturated carbocycles. The van der Waals surface area contributed by atoms with Crippen molar-refractivity contribution in [2.45, 2.75) is 37.1 Å². The molecule has 34 heavy (non-hydrogen) atoms. The highest BCUT2D eigenvalue weighted by Gasteiger charge is 2.32. The largest absolute Gasteiger partial charge is 0.366 e. The first-order chi connectivity index (χ1) is 16.4. The fourth-order valence-electron chi connectivity index (χ4n) is 4.51. The van der Waals surface area contributed by atoms with Gasteiger partial charge in [-0.15, -0.1) is 0 Å². The summed E-state index contributed by atoms with van der Waals surface area (Å²) in [7, 11) is -1.58. The van der Waals surface area contributed by atoms with Gasteiger partial charge in [0.05, 0.1) is 10.6 Å². The molecule has 1 fully saturated rings. The zero-order chi connectivity index (χ0) is 23.7. The van der Waals surface area contributed by atoms with Crippen molar-refractivity contribution in [2.24, 2.45) is 0 Å². The number of benzene rings is 1. The van der Waals surface area contributed by atoms with Crippen LogP contribution < -0.4 is 10.8 Å². The average molecular weight is 474 g/mol. The van der Waals surface area contributed by atoms with E-state index in [1.807, 2.05) is 51.3 Å². The van der Waals surface area contributed by atoms with Crippen LogP contribution in [0.1, 0.15) is 35.6 Å². The summed E-state index contributed by atoms with van der Waals surface area (Å²) in [4.78, 5) is 9.47. The van der Waals surface area contributed by atoms with E-state index in [1.54, 1.807) is 33.3 Å². The maximum Gasteiger partial charge on any atom is 0.243 e. The molecule has 0 radical (unpaired) electrons. The van der Waals surface area contributed by atoms with Gasteiger partial charge in [-0.3, -0.25) is 4.98 Å². The summed E-state index contributed by atoms with van der Waals surface area (Å²) in [6.45, 7) is 3.37. The van der Waals surface area contributed by atoms with Crippen molar-refractivity contribution in [1.29, 1.82) is 0 Å². The van der Waals surface area contributed by atoms with Crippen LogP contribution in [0.5, 0.6) is 0 Å². The van der Waals surface area contributed by atoms with Gasteiger partial charge in [0.15, 0.2) is 5.65 Å². The fourth-order valence-corrected chi connectivity index (χ4v) is 6.26.